The average Bonchev–Trinajstić information content (AvgIpc) is 3.09. The number of hydrogen-bond donors (Lipinski definition) is 1. The lowest BCUT2D eigenvalue weighted by atomic mass is 10.1. The molecule has 8 heteroatoms. The molecule has 0 spiro atoms. The van der Waals surface area contributed by atoms with E-state index in [1.807, 2.05) is 27.8 Å². The van der Waals surface area contributed by atoms with Crippen LogP contribution in [0.25, 0.3) is 0 Å². The van der Waals surface area contributed by atoms with E-state index in [-0.39, 0.29) is 24.0 Å². The molecule has 0 fully saturated rings. The number of nitrogens with zero attached hydrogens (tertiary/aromatic N) is 4. The van der Waals surface area contributed by atoms with Crippen molar-refractivity contribution in [3.63, 3.8) is 0 Å². The molecular formula is C17H28IN5OS. The topological polar surface area (TPSA) is 66.6 Å². The number of guanidine groups is 1. The Labute approximate surface area is 171 Å². The van der Waals surface area contributed by atoms with Crippen LogP contribution in [-0.4, -0.2) is 41.1 Å². The molecule has 0 bridgehead atoms. The molecule has 0 radical (unpaired) electrons. The molecule has 0 saturated heterocycles. The predicted octanol–water partition coefficient (Wildman–Crippen LogP) is 3.70. The van der Waals surface area contributed by atoms with Crippen molar-refractivity contribution in [3.05, 3.63) is 33.1 Å². The summed E-state index contributed by atoms with van der Waals surface area (Å²) in [6.07, 6.45) is 1.92. The molecule has 2 rings (SSSR count). The third kappa shape index (κ3) is 6.58. The highest BCUT2D eigenvalue weighted by molar-refractivity contribution is 14.0. The lowest BCUT2D eigenvalue weighted by Gasteiger charge is -2.21. The molecule has 0 aliphatic heterocycles. The number of aliphatic imine (C=N–C) groups is 1. The Morgan fingerprint density at radius 3 is 2.68 bits per heavy atom. The van der Waals surface area contributed by atoms with Gasteiger partial charge in [0.05, 0.1) is 22.9 Å². The molecule has 6 nitrogen and oxygen atoms in total. The largest absolute Gasteiger partial charge is 0.361 e. The zero-order chi connectivity index (χ0) is 17.5. The van der Waals surface area contributed by atoms with Crippen molar-refractivity contribution in [2.24, 2.45) is 4.99 Å². The summed E-state index contributed by atoms with van der Waals surface area (Å²) < 4.78 is 5.21. The van der Waals surface area contributed by atoms with Gasteiger partial charge in [0.25, 0.3) is 0 Å². The summed E-state index contributed by atoms with van der Waals surface area (Å²) in [4.78, 5) is 11.4. The summed E-state index contributed by atoms with van der Waals surface area (Å²) in [6.45, 7) is 10.5. The number of aryl methyl sites for hydroxylation is 3. The lowest BCUT2D eigenvalue weighted by Crippen LogP contribution is -2.38. The van der Waals surface area contributed by atoms with E-state index < -0.39 is 0 Å². The number of hydrogen-bond acceptors (Lipinski definition) is 5. The fourth-order valence-corrected chi connectivity index (χ4v) is 3.17. The monoisotopic (exact) mass is 477 g/mol. The van der Waals surface area contributed by atoms with Crippen LogP contribution in [0.1, 0.15) is 41.1 Å². The van der Waals surface area contributed by atoms with Crippen LogP contribution >= 0.6 is 35.3 Å². The highest BCUT2D eigenvalue weighted by Crippen LogP contribution is 2.14. The minimum atomic E-state index is 0. The van der Waals surface area contributed by atoms with Crippen molar-refractivity contribution in [1.29, 1.82) is 0 Å². The maximum atomic E-state index is 5.21. The van der Waals surface area contributed by atoms with Crippen LogP contribution in [0.3, 0.4) is 0 Å². The van der Waals surface area contributed by atoms with Gasteiger partial charge in [-0.15, -0.1) is 35.3 Å². The molecule has 140 valence electrons. The van der Waals surface area contributed by atoms with E-state index in [1.54, 1.807) is 11.3 Å². The fourth-order valence-electron chi connectivity index (χ4n) is 2.57. The van der Waals surface area contributed by atoms with E-state index in [1.165, 1.54) is 5.56 Å². The molecule has 1 N–H and O–H groups in total. The second-order valence-corrected chi connectivity index (χ2v) is 6.92. The van der Waals surface area contributed by atoms with Gasteiger partial charge < -0.3 is 14.7 Å². The summed E-state index contributed by atoms with van der Waals surface area (Å²) in [5.74, 6) is 1.83. The van der Waals surface area contributed by atoms with Crippen LogP contribution in [0.5, 0.6) is 0 Å². The van der Waals surface area contributed by atoms with Gasteiger partial charge in [0.15, 0.2) is 5.96 Å². The lowest BCUT2D eigenvalue weighted by molar-refractivity contribution is 0.392. The molecule has 0 aromatic carbocycles. The Hall–Kier alpha value is -1.16. The van der Waals surface area contributed by atoms with Crippen LogP contribution in [0.4, 0.5) is 0 Å². The van der Waals surface area contributed by atoms with Crippen LogP contribution in [0.15, 0.2) is 14.9 Å². The van der Waals surface area contributed by atoms with Gasteiger partial charge in [0.1, 0.15) is 5.76 Å². The SMILES string of the molecule is CCNC(=NCCCc1c(C)noc1C)N(C)Cc1csc(C)n1.I. The highest BCUT2D eigenvalue weighted by Gasteiger charge is 2.10. The van der Waals surface area contributed by atoms with Crippen molar-refractivity contribution >= 4 is 41.3 Å². The highest BCUT2D eigenvalue weighted by atomic mass is 127. The standard InChI is InChI=1S/C17H27N5OS.HI/c1-6-18-17(22(5)10-15-11-24-14(4)20-15)19-9-7-8-16-12(2)21-23-13(16)3;/h11H,6-10H2,1-5H3,(H,18,19);1H. The van der Waals surface area contributed by atoms with E-state index in [2.05, 4.69) is 32.7 Å². The van der Waals surface area contributed by atoms with E-state index in [9.17, 15) is 0 Å². The number of nitrogens with one attached hydrogen (secondary N) is 1. The first-order valence-corrected chi connectivity index (χ1v) is 9.21. The Morgan fingerprint density at radius 2 is 2.12 bits per heavy atom. The quantitative estimate of drug-likeness (QED) is 0.285. The van der Waals surface area contributed by atoms with Crippen LogP contribution in [-0.2, 0) is 13.0 Å². The molecule has 0 aliphatic rings. The summed E-state index contributed by atoms with van der Waals surface area (Å²) in [7, 11) is 2.05. The van der Waals surface area contributed by atoms with Gasteiger partial charge in [-0.1, -0.05) is 5.16 Å². The van der Waals surface area contributed by atoms with Crippen molar-refractivity contribution in [3.8, 4) is 0 Å². The van der Waals surface area contributed by atoms with Crippen LogP contribution in [0, 0.1) is 20.8 Å². The molecule has 2 aromatic heterocycles. The molecule has 0 amide bonds. The third-order valence-electron chi connectivity index (χ3n) is 3.79. The molecule has 0 atom stereocenters. The first-order chi connectivity index (χ1) is 11.5. The van der Waals surface area contributed by atoms with Crippen molar-refractivity contribution in [1.82, 2.24) is 20.4 Å². The number of aromatic nitrogens is 2. The second kappa shape index (κ2) is 10.7. The Balaban J connectivity index is 0.00000312. The van der Waals surface area contributed by atoms with Gasteiger partial charge in [-0.3, -0.25) is 4.99 Å². The Kier molecular flexibility index (Phi) is 9.41. The van der Waals surface area contributed by atoms with E-state index in [4.69, 9.17) is 9.52 Å². The third-order valence-corrected chi connectivity index (χ3v) is 4.61. The van der Waals surface area contributed by atoms with Crippen molar-refractivity contribution in [2.45, 2.75) is 47.1 Å². The van der Waals surface area contributed by atoms with Crippen molar-refractivity contribution < 1.29 is 4.52 Å². The van der Waals surface area contributed by atoms with E-state index in [0.29, 0.717) is 0 Å². The maximum absolute atomic E-state index is 5.21. The summed E-state index contributed by atoms with van der Waals surface area (Å²) in [6, 6.07) is 0. The molecule has 0 aliphatic carbocycles. The van der Waals surface area contributed by atoms with Gasteiger partial charge in [0, 0.05) is 31.1 Å². The first kappa shape index (κ1) is 21.9. The summed E-state index contributed by atoms with van der Waals surface area (Å²) in [5, 5.41) is 10.5. The second-order valence-electron chi connectivity index (χ2n) is 5.86. The van der Waals surface area contributed by atoms with Crippen LogP contribution < -0.4 is 5.32 Å². The van der Waals surface area contributed by atoms with Crippen LogP contribution in [0.2, 0.25) is 0 Å². The van der Waals surface area contributed by atoms with E-state index in [0.717, 1.165) is 60.6 Å². The maximum Gasteiger partial charge on any atom is 0.194 e. The van der Waals surface area contributed by atoms with Gasteiger partial charge in [-0.2, -0.15) is 0 Å². The summed E-state index contributed by atoms with van der Waals surface area (Å²) >= 11 is 1.68. The normalized spacial score (nSPS) is 11.3. The van der Waals surface area contributed by atoms with Gasteiger partial charge in [0.2, 0.25) is 0 Å². The zero-order valence-corrected chi connectivity index (χ0v) is 18.8. The average molecular weight is 477 g/mol. The minimum absolute atomic E-state index is 0. The van der Waals surface area contributed by atoms with E-state index >= 15 is 0 Å². The first-order valence-electron chi connectivity index (χ1n) is 8.33. The van der Waals surface area contributed by atoms with Gasteiger partial charge in [-0.25, -0.2) is 4.98 Å². The number of thiazole rings is 1. The number of rotatable bonds is 7. The molecule has 2 aromatic rings. The molecule has 25 heavy (non-hydrogen) atoms. The van der Waals surface area contributed by atoms with Gasteiger partial charge >= 0.3 is 0 Å². The Morgan fingerprint density at radius 1 is 1.36 bits per heavy atom. The fraction of sp³-hybridized carbons (Fsp3) is 0.588. The minimum Gasteiger partial charge on any atom is -0.361 e. The molecule has 0 saturated carbocycles. The van der Waals surface area contributed by atoms with Gasteiger partial charge in [-0.05, 0) is 40.5 Å². The smallest absolute Gasteiger partial charge is 0.194 e. The Bertz CT molecular complexity index is 663. The number of halogens is 1. The van der Waals surface area contributed by atoms with Crippen molar-refractivity contribution in [2.75, 3.05) is 20.1 Å². The zero-order valence-electron chi connectivity index (χ0n) is 15.6. The molecule has 2 heterocycles. The molecular weight excluding hydrogens is 449 g/mol. The summed E-state index contributed by atoms with van der Waals surface area (Å²) in [5.41, 5.74) is 3.28. The predicted molar refractivity (Wildman–Crippen MR) is 114 cm³/mol. The molecule has 0 unspecified atom stereocenters.